The molecule has 0 spiro atoms. The number of nitrogens with zero attached hydrogens (tertiary/aromatic N) is 1. The van der Waals surface area contributed by atoms with E-state index in [9.17, 15) is 9.00 Å². The molecule has 2 aromatic carbocycles. The Labute approximate surface area is 179 Å². The average Bonchev–Trinajstić information content (AvgIpc) is 2.75. The first kappa shape index (κ1) is 23.7. The summed E-state index contributed by atoms with van der Waals surface area (Å²) >= 11 is 0. The molecule has 0 radical (unpaired) electrons. The molecule has 0 aliphatic heterocycles. The van der Waals surface area contributed by atoms with Crippen molar-refractivity contribution in [1.82, 2.24) is 5.32 Å². The molecule has 0 heterocycles. The van der Waals surface area contributed by atoms with Crippen molar-refractivity contribution in [2.24, 2.45) is 4.36 Å². The van der Waals surface area contributed by atoms with Crippen LogP contribution in [0.5, 0.6) is 11.5 Å². The maximum atomic E-state index is 13.3. The van der Waals surface area contributed by atoms with Crippen molar-refractivity contribution in [2.45, 2.75) is 24.7 Å². The highest BCUT2D eigenvalue weighted by atomic mass is 32.2. The Morgan fingerprint density at radius 3 is 2.53 bits per heavy atom. The Balaban J connectivity index is 2.57. The Morgan fingerprint density at radius 2 is 1.90 bits per heavy atom. The minimum absolute atomic E-state index is 0.274. The van der Waals surface area contributed by atoms with E-state index in [-0.39, 0.29) is 5.91 Å². The molecule has 2 aromatic rings. The molecule has 0 saturated carbocycles. The van der Waals surface area contributed by atoms with Gasteiger partial charge in [-0.25, -0.2) is 8.57 Å². The van der Waals surface area contributed by atoms with E-state index in [1.807, 2.05) is 30.3 Å². The fourth-order valence-electron chi connectivity index (χ4n) is 2.72. The van der Waals surface area contributed by atoms with E-state index in [1.165, 1.54) is 7.05 Å². The van der Waals surface area contributed by atoms with Crippen molar-refractivity contribution in [1.29, 1.82) is 0 Å². The Bertz CT molecular complexity index is 954. The third-order valence-corrected chi connectivity index (χ3v) is 6.29. The summed E-state index contributed by atoms with van der Waals surface area (Å²) in [5, 5.41) is 6.14. The second kappa shape index (κ2) is 11.6. The van der Waals surface area contributed by atoms with Gasteiger partial charge < -0.3 is 20.1 Å². The highest BCUT2D eigenvalue weighted by Crippen LogP contribution is 2.38. The van der Waals surface area contributed by atoms with Crippen LogP contribution in [0.3, 0.4) is 0 Å². The molecule has 1 atom stereocenters. The third kappa shape index (κ3) is 6.47. The normalized spacial score (nSPS) is 12.7. The van der Waals surface area contributed by atoms with Crippen LogP contribution in [0.25, 0.3) is 0 Å². The number of amides is 1. The number of hydrogen-bond acceptors (Lipinski definition) is 6. The van der Waals surface area contributed by atoms with Gasteiger partial charge in [0.05, 0.1) is 26.9 Å². The van der Waals surface area contributed by atoms with Gasteiger partial charge in [0.25, 0.3) is 5.91 Å². The molecule has 1 amide bonds. The van der Waals surface area contributed by atoms with Crippen LogP contribution in [0.1, 0.15) is 30.1 Å². The molecule has 30 heavy (non-hydrogen) atoms. The zero-order valence-corrected chi connectivity index (χ0v) is 18.9. The maximum absolute atomic E-state index is 13.3. The number of para-hydroxylation sites is 1. The Morgan fingerprint density at radius 1 is 1.17 bits per heavy atom. The minimum atomic E-state index is -2.78. The maximum Gasteiger partial charge on any atom is 0.251 e. The van der Waals surface area contributed by atoms with E-state index in [2.05, 4.69) is 21.9 Å². The van der Waals surface area contributed by atoms with Gasteiger partial charge >= 0.3 is 0 Å². The van der Waals surface area contributed by atoms with E-state index in [1.54, 1.807) is 25.5 Å². The number of methoxy groups -OCH3 is 1. The molecule has 0 bridgehead atoms. The van der Waals surface area contributed by atoms with Gasteiger partial charge in [-0.3, -0.25) is 4.79 Å². The van der Waals surface area contributed by atoms with Crippen molar-refractivity contribution >= 4 is 21.3 Å². The first-order chi connectivity index (χ1) is 14.4. The van der Waals surface area contributed by atoms with Crippen molar-refractivity contribution in [3.05, 3.63) is 48.0 Å². The molecular weight excluding hydrogens is 402 g/mol. The van der Waals surface area contributed by atoms with Gasteiger partial charge in [0.2, 0.25) is 0 Å². The number of ether oxygens (including phenoxy) is 2. The van der Waals surface area contributed by atoms with E-state index < -0.39 is 9.73 Å². The van der Waals surface area contributed by atoms with Crippen molar-refractivity contribution in [3.63, 3.8) is 0 Å². The smallest absolute Gasteiger partial charge is 0.251 e. The molecule has 0 aromatic heterocycles. The highest BCUT2D eigenvalue weighted by Gasteiger charge is 2.22. The summed E-state index contributed by atoms with van der Waals surface area (Å²) in [5.41, 5.74) is 0.999. The number of anilines is 1. The fourth-order valence-corrected chi connectivity index (χ4v) is 3.76. The van der Waals surface area contributed by atoms with Crippen LogP contribution in [-0.2, 0) is 14.5 Å². The largest absolute Gasteiger partial charge is 0.454 e. The highest BCUT2D eigenvalue weighted by molar-refractivity contribution is 7.93. The van der Waals surface area contributed by atoms with Gasteiger partial charge in [-0.15, -0.1) is 0 Å². The number of hydrogen-bond donors (Lipinski definition) is 2. The van der Waals surface area contributed by atoms with E-state index in [4.69, 9.17) is 9.47 Å². The zero-order valence-electron chi connectivity index (χ0n) is 18.1. The molecule has 1 unspecified atom stereocenters. The monoisotopic (exact) mass is 433 g/mol. The van der Waals surface area contributed by atoms with Crippen LogP contribution in [0, 0.1) is 0 Å². The van der Waals surface area contributed by atoms with Crippen LogP contribution in [0.4, 0.5) is 5.69 Å². The van der Waals surface area contributed by atoms with Crippen LogP contribution < -0.4 is 15.4 Å². The van der Waals surface area contributed by atoms with E-state index in [0.29, 0.717) is 47.3 Å². The molecule has 2 rings (SSSR count). The quantitative estimate of drug-likeness (QED) is 0.520. The van der Waals surface area contributed by atoms with E-state index in [0.717, 1.165) is 12.8 Å². The SMILES string of the molecule is CCCCNc1cc(C(=O)NCCOC)cc(S(C)(=O)=NC)c1Oc1ccccc1. The summed E-state index contributed by atoms with van der Waals surface area (Å²) in [6.07, 6.45) is 3.51. The second-order valence-electron chi connectivity index (χ2n) is 6.78. The second-order valence-corrected chi connectivity index (χ2v) is 9.19. The minimum Gasteiger partial charge on any atom is -0.454 e. The number of nitrogens with one attached hydrogen (secondary N) is 2. The number of benzene rings is 2. The number of carbonyl (C=O) groups is 1. The first-order valence-electron chi connectivity index (χ1n) is 9.95. The van der Waals surface area contributed by atoms with E-state index >= 15 is 0 Å². The molecular formula is C22H31N3O4S. The summed E-state index contributed by atoms with van der Waals surface area (Å²) in [4.78, 5) is 13.1. The zero-order chi connectivity index (χ0) is 22.0. The molecule has 8 heteroatoms. The number of unbranched alkanes of at least 4 members (excludes halogenated alkanes) is 1. The summed E-state index contributed by atoms with van der Waals surface area (Å²) < 4.78 is 28.5. The van der Waals surface area contributed by atoms with Gasteiger partial charge in [0.1, 0.15) is 5.75 Å². The van der Waals surface area contributed by atoms with Crippen molar-refractivity contribution < 1.29 is 18.5 Å². The van der Waals surface area contributed by atoms with Gasteiger partial charge in [0, 0.05) is 39.1 Å². The lowest BCUT2D eigenvalue weighted by atomic mass is 10.1. The van der Waals surface area contributed by atoms with Crippen LogP contribution >= 0.6 is 0 Å². The average molecular weight is 434 g/mol. The summed E-state index contributed by atoms with van der Waals surface area (Å²) in [5.74, 6) is 0.758. The summed E-state index contributed by atoms with van der Waals surface area (Å²) in [6.45, 7) is 3.59. The van der Waals surface area contributed by atoms with Gasteiger partial charge in [0.15, 0.2) is 5.75 Å². The lowest BCUT2D eigenvalue weighted by molar-refractivity contribution is 0.0937. The number of rotatable bonds is 11. The predicted molar refractivity (Wildman–Crippen MR) is 121 cm³/mol. The molecule has 0 fully saturated rings. The van der Waals surface area contributed by atoms with Crippen LogP contribution in [0.2, 0.25) is 0 Å². The van der Waals surface area contributed by atoms with Crippen LogP contribution in [0.15, 0.2) is 51.7 Å². The van der Waals surface area contributed by atoms with Gasteiger partial charge in [-0.05, 0) is 30.7 Å². The number of carbonyl (C=O) groups excluding carboxylic acids is 1. The summed E-state index contributed by atoms with van der Waals surface area (Å²) in [7, 11) is 0.300. The predicted octanol–water partition coefficient (Wildman–Crippen LogP) is 4.15. The molecule has 7 nitrogen and oxygen atoms in total. The van der Waals surface area contributed by atoms with Crippen LogP contribution in [-0.4, -0.2) is 50.2 Å². The Hall–Kier alpha value is -2.58. The summed E-state index contributed by atoms with van der Waals surface area (Å²) in [6, 6.07) is 12.6. The van der Waals surface area contributed by atoms with Crippen molar-refractivity contribution in [3.8, 4) is 11.5 Å². The standard InChI is InChI=1S/C22H31N3O4S/c1-5-6-12-24-19-15-17(22(26)25-13-14-28-3)16-20(30(4,27)23-2)21(19)29-18-10-8-7-9-11-18/h7-11,15-16,24H,5-6,12-14H2,1-4H3,(H,25,26). The topological polar surface area (TPSA) is 89.0 Å². The fraction of sp³-hybridized carbons (Fsp3) is 0.409. The molecule has 2 N–H and O–H groups in total. The lowest BCUT2D eigenvalue weighted by Crippen LogP contribution is -2.27. The molecule has 0 saturated heterocycles. The first-order valence-corrected chi connectivity index (χ1v) is 11.9. The molecule has 0 aliphatic rings. The van der Waals surface area contributed by atoms with Gasteiger partial charge in [-0.1, -0.05) is 31.5 Å². The van der Waals surface area contributed by atoms with Crippen molar-refractivity contribution in [2.75, 3.05) is 45.4 Å². The third-order valence-electron chi connectivity index (χ3n) is 4.47. The lowest BCUT2D eigenvalue weighted by Gasteiger charge is -2.19. The molecule has 164 valence electrons. The Kier molecular flexibility index (Phi) is 9.14. The molecule has 0 aliphatic carbocycles. The van der Waals surface area contributed by atoms with Gasteiger partial charge in [-0.2, -0.15) is 0 Å².